The molecule has 0 radical (unpaired) electrons. The summed E-state index contributed by atoms with van der Waals surface area (Å²) in [4.78, 5) is 4.20. The van der Waals surface area contributed by atoms with Crippen LogP contribution in [-0.2, 0) is 5.41 Å². The lowest BCUT2D eigenvalue weighted by molar-refractivity contribution is 0.590. The fourth-order valence-corrected chi connectivity index (χ4v) is 1.44. The van der Waals surface area contributed by atoms with Gasteiger partial charge in [0.25, 0.3) is 0 Å². The topological polar surface area (TPSA) is 38.4 Å². The number of hydrogen-bond donors (Lipinski definition) is 1. The summed E-state index contributed by atoms with van der Waals surface area (Å²) in [7, 11) is 0. The van der Waals surface area contributed by atoms with Crippen LogP contribution < -0.4 is 5.73 Å². The monoisotopic (exact) mass is 228 g/mol. The highest BCUT2D eigenvalue weighted by Gasteiger charge is 2.13. The van der Waals surface area contributed by atoms with E-state index >= 15 is 0 Å². The highest BCUT2D eigenvalue weighted by Crippen LogP contribution is 2.21. The lowest BCUT2D eigenvalue weighted by Gasteiger charge is -2.19. The Morgan fingerprint density at radius 1 is 1.24 bits per heavy atom. The molecule has 0 atom stereocenters. The number of nitrogens with two attached hydrogens (primary N) is 1. The predicted molar refractivity (Wildman–Crippen MR) is 74.2 cm³/mol. The molecule has 2 N–H and O–H groups in total. The highest BCUT2D eigenvalue weighted by molar-refractivity contribution is 5.97. The molecule has 0 unspecified atom stereocenters. The van der Waals surface area contributed by atoms with Gasteiger partial charge < -0.3 is 5.73 Å². The minimum atomic E-state index is 0.165. The molecule has 2 nitrogen and oxygen atoms in total. The quantitative estimate of drug-likeness (QED) is 0.472. The van der Waals surface area contributed by atoms with Gasteiger partial charge in [0, 0.05) is 5.56 Å². The van der Waals surface area contributed by atoms with Crippen molar-refractivity contribution in [1.82, 2.24) is 0 Å². The van der Waals surface area contributed by atoms with E-state index in [1.165, 1.54) is 5.56 Å². The van der Waals surface area contributed by atoms with Crippen LogP contribution in [0.2, 0.25) is 0 Å². The zero-order chi connectivity index (χ0) is 12.9. The van der Waals surface area contributed by atoms with Crippen LogP contribution in [0, 0.1) is 11.8 Å². The zero-order valence-corrected chi connectivity index (χ0v) is 11.0. The fraction of sp³-hybridized carbons (Fsp3) is 0.400. The number of benzene rings is 1. The van der Waals surface area contributed by atoms with E-state index in [2.05, 4.69) is 49.7 Å². The molecule has 0 aromatic heterocycles. The van der Waals surface area contributed by atoms with Gasteiger partial charge in [0.1, 0.15) is 12.4 Å². The predicted octanol–water partition coefficient (Wildman–Crippen LogP) is 2.71. The first kappa shape index (κ1) is 13.3. The first-order valence-electron chi connectivity index (χ1n) is 5.75. The largest absolute Gasteiger partial charge is 0.383 e. The van der Waals surface area contributed by atoms with E-state index < -0.39 is 0 Å². The molecular weight excluding hydrogens is 208 g/mol. The molecule has 90 valence electrons. The molecule has 2 heteroatoms. The molecule has 0 aliphatic heterocycles. The molecule has 0 fully saturated rings. The summed E-state index contributed by atoms with van der Waals surface area (Å²) in [6, 6.07) is 8.23. The molecule has 0 aliphatic rings. The molecule has 1 rings (SSSR count). The second-order valence-corrected chi connectivity index (χ2v) is 4.96. The first-order valence-corrected chi connectivity index (χ1v) is 5.75. The molecule has 1 aromatic rings. The van der Waals surface area contributed by atoms with Crippen molar-refractivity contribution in [2.45, 2.75) is 33.1 Å². The van der Waals surface area contributed by atoms with Gasteiger partial charge in [-0.05, 0) is 17.9 Å². The molecule has 1 aromatic carbocycles. The van der Waals surface area contributed by atoms with E-state index in [0.717, 1.165) is 5.56 Å². The number of rotatable bonds is 2. The maximum Gasteiger partial charge on any atom is 0.126 e. The second kappa shape index (κ2) is 5.54. The summed E-state index contributed by atoms with van der Waals surface area (Å²) in [5.41, 5.74) is 8.29. The van der Waals surface area contributed by atoms with Crippen LogP contribution in [0.15, 0.2) is 29.3 Å². The van der Waals surface area contributed by atoms with Crippen molar-refractivity contribution in [3.05, 3.63) is 35.4 Å². The van der Waals surface area contributed by atoms with Gasteiger partial charge in [-0.15, -0.1) is 5.92 Å². The van der Waals surface area contributed by atoms with Gasteiger partial charge in [-0.3, -0.25) is 4.99 Å². The van der Waals surface area contributed by atoms with Crippen LogP contribution in [-0.4, -0.2) is 12.4 Å². The molecular formula is C15H20N2. The van der Waals surface area contributed by atoms with Gasteiger partial charge in [0.05, 0.1) is 0 Å². The van der Waals surface area contributed by atoms with Crippen LogP contribution in [0.25, 0.3) is 0 Å². The zero-order valence-electron chi connectivity index (χ0n) is 11.0. The highest BCUT2D eigenvalue weighted by atomic mass is 14.8. The maximum absolute atomic E-state index is 5.88. The summed E-state index contributed by atoms with van der Waals surface area (Å²) < 4.78 is 0. The van der Waals surface area contributed by atoms with Crippen molar-refractivity contribution in [1.29, 1.82) is 0 Å². The maximum atomic E-state index is 5.88. The summed E-state index contributed by atoms with van der Waals surface area (Å²) in [6.07, 6.45) is 0. The van der Waals surface area contributed by atoms with Crippen molar-refractivity contribution in [2.24, 2.45) is 10.7 Å². The Kier molecular flexibility index (Phi) is 4.34. The Morgan fingerprint density at radius 3 is 2.29 bits per heavy atom. The third kappa shape index (κ3) is 3.96. The molecule has 0 saturated carbocycles. The number of hydrogen-bond acceptors (Lipinski definition) is 1. The normalized spacial score (nSPS) is 11.9. The van der Waals surface area contributed by atoms with Gasteiger partial charge in [0.2, 0.25) is 0 Å². The van der Waals surface area contributed by atoms with Crippen LogP contribution >= 0.6 is 0 Å². The minimum absolute atomic E-state index is 0.165. The lowest BCUT2D eigenvalue weighted by atomic mass is 9.87. The van der Waals surface area contributed by atoms with Gasteiger partial charge >= 0.3 is 0 Å². The minimum Gasteiger partial charge on any atom is -0.383 e. The van der Waals surface area contributed by atoms with Crippen molar-refractivity contribution in [3.8, 4) is 11.8 Å². The van der Waals surface area contributed by atoms with Gasteiger partial charge in [-0.2, -0.15) is 0 Å². The standard InChI is InChI=1S/C15H20N2/c1-5-6-11-17-14(16)12-7-9-13(10-8-12)15(2,3)4/h7-10H,11H2,1-4H3,(H2,16,17). The van der Waals surface area contributed by atoms with Crippen LogP contribution in [0.4, 0.5) is 0 Å². The van der Waals surface area contributed by atoms with Gasteiger partial charge in [-0.1, -0.05) is 51.0 Å². The number of aliphatic imine (C=N–C) groups is 1. The van der Waals surface area contributed by atoms with Gasteiger partial charge in [-0.25, -0.2) is 0 Å². The molecule has 17 heavy (non-hydrogen) atoms. The first-order chi connectivity index (χ1) is 7.95. The Balaban J connectivity index is 2.86. The molecule has 0 amide bonds. The van der Waals surface area contributed by atoms with Crippen LogP contribution in [0.1, 0.15) is 38.8 Å². The van der Waals surface area contributed by atoms with E-state index in [-0.39, 0.29) is 5.41 Å². The van der Waals surface area contributed by atoms with Crippen molar-refractivity contribution in [3.63, 3.8) is 0 Å². The Bertz CT molecular complexity index is 450. The smallest absolute Gasteiger partial charge is 0.126 e. The SMILES string of the molecule is CC#CCN=C(N)c1ccc(C(C)(C)C)cc1. The van der Waals surface area contributed by atoms with E-state index in [4.69, 9.17) is 5.73 Å². The van der Waals surface area contributed by atoms with Crippen LogP contribution in [0.5, 0.6) is 0 Å². The number of amidine groups is 1. The van der Waals surface area contributed by atoms with E-state index in [0.29, 0.717) is 12.4 Å². The van der Waals surface area contributed by atoms with Crippen LogP contribution in [0.3, 0.4) is 0 Å². The fourth-order valence-electron chi connectivity index (χ4n) is 1.44. The Morgan fingerprint density at radius 2 is 1.82 bits per heavy atom. The summed E-state index contributed by atoms with van der Waals surface area (Å²) in [5.74, 6) is 6.21. The Labute approximate surface area is 104 Å². The van der Waals surface area contributed by atoms with Gasteiger partial charge in [0.15, 0.2) is 0 Å². The molecule has 0 heterocycles. The molecule has 0 saturated heterocycles. The summed E-state index contributed by atoms with van der Waals surface area (Å²) >= 11 is 0. The summed E-state index contributed by atoms with van der Waals surface area (Å²) in [5, 5.41) is 0. The third-order valence-corrected chi connectivity index (χ3v) is 2.55. The van der Waals surface area contributed by atoms with E-state index in [1.54, 1.807) is 6.92 Å². The molecule has 0 spiro atoms. The average molecular weight is 228 g/mol. The summed E-state index contributed by atoms with van der Waals surface area (Å²) in [6.45, 7) is 8.83. The van der Waals surface area contributed by atoms with E-state index in [9.17, 15) is 0 Å². The Hall–Kier alpha value is -1.75. The second-order valence-electron chi connectivity index (χ2n) is 4.96. The molecule has 0 aliphatic carbocycles. The van der Waals surface area contributed by atoms with Crippen molar-refractivity contribution in [2.75, 3.05) is 6.54 Å². The van der Waals surface area contributed by atoms with Crippen molar-refractivity contribution >= 4 is 5.84 Å². The lowest BCUT2D eigenvalue weighted by Crippen LogP contribution is -2.15. The van der Waals surface area contributed by atoms with Crippen molar-refractivity contribution < 1.29 is 0 Å². The molecule has 0 bridgehead atoms. The third-order valence-electron chi connectivity index (χ3n) is 2.55. The van der Waals surface area contributed by atoms with E-state index in [1.807, 2.05) is 12.1 Å². The number of nitrogens with zero attached hydrogens (tertiary/aromatic N) is 1. The average Bonchev–Trinajstić information content (AvgIpc) is 2.28.